The maximum Gasteiger partial charge on any atom is 0.00338 e. The first-order chi connectivity index (χ1) is 5.52. The molecule has 1 aromatic carbocycles. The molecule has 0 nitrogen and oxygen atoms in total. The van der Waals surface area contributed by atoms with Gasteiger partial charge in [0.2, 0.25) is 0 Å². The molecule has 1 aromatic rings. The van der Waals surface area contributed by atoms with Crippen LogP contribution in [0.4, 0.5) is 0 Å². The van der Waals surface area contributed by atoms with E-state index in [4.69, 9.17) is 0 Å². The van der Waals surface area contributed by atoms with E-state index in [1.807, 2.05) is 0 Å². The zero-order valence-electron chi connectivity index (χ0n) is 8.04. The van der Waals surface area contributed by atoms with E-state index in [-0.39, 0.29) is 0 Å². The van der Waals surface area contributed by atoms with Crippen molar-refractivity contribution in [2.45, 2.75) is 26.4 Å². The smallest absolute Gasteiger partial charge is 0.00338 e. The van der Waals surface area contributed by atoms with Gasteiger partial charge in [0.15, 0.2) is 0 Å². The summed E-state index contributed by atoms with van der Waals surface area (Å²) in [4.78, 5) is 0. The molecule has 1 rings (SSSR count). The fourth-order valence-corrected chi connectivity index (χ4v) is 1.38. The first kappa shape index (κ1) is 9.74. The van der Waals surface area contributed by atoms with Gasteiger partial charge in [0.1, 0.15) is 0 Å². The molecule has 66 valence electrons. The monoisotopic (exact) mass is 180 g/mol. The van der Waals surface area contributed by atoms with E-state index < -0.39 is 0 Å². The third kappa shape index (κ3) is 2.32. The molecule has 0 aromatic heterocycles. The molecule has 0 aliphatic carbocycles. The van der Waals surface area contributed by atoms with E-state index in [2.05, 4.69) is 60.3 Å². The Kier molecular flexibility index (Phi) is 2.90. The summed E-state index contributed by atoms with van der Waals surface area (Å²) in [6, 6.07) is 10.6. The Bertz CT molecular complexity index is 233. The summed E-state index contributed by atoms with van der Waals surface area (Å²) < 4.78 is 0. The number of benzene rings is 1. The Labute approximate surface area is 77.6 Å². The lowest BCUT2D eigenvalue weighted by Crippen LogP contribution is -2.12. The molecule has 12 heavy (non-hydrogen) atoms. The molecule has 2 atom stereocenters. The Morgan fingerprint density at radius 3 is 2.00 bits per heavy atom. The van der Waals surface area contributed by atoms with Crippen LogP contribution in [0.5, 0.6) is 0 Å². The molecular formula is C11H17P. The zero-order valence-corrected chi connectivity index (χ0v) is 9.20. The molecule has 0 saturated carbocycles. The van der Waals surface area contributed by atoms with Gasteiger partial charge in [0.05, 0.1) is 0 Å². The summed E-state index contributed by atoms with van der Waals surface area (Å²) in [7, 11) is 2.92. The van der Waals surface area contributed by atoms with Crippen molar-refractivity contribution in [3.63, 3.8) is 0 Å². The minimum atomic E-state index is 0.325. The third-order valence-electron chi connectivity index (χ3n) is 2.09. The number of rotatable bonds is 1. The minimum absolute atomic E-state index is 0.325. The van der Waals surface area contributed by atoms with Gasteiger partial charge >= 0.3 is 0 Å². The largest absolute Gasteiger partial charge is 0.129 e. The zero-order chi connectivity index (χ0) is 9.19. The Morgan fingerprint density at radius 1 is 1.08 bits per heavy atom. The van der Waals surface area contributed by atoms with Crippen molar-refractivity contribution in [2.24, 2.45) is 5.41 Å². The Balaban J connectivity index is 2.86. The third-order valence-corrected chi connectivity index (χ3v) is 3.48. The molecule has 0 aliphatic heterocycles. The SMILES string of the molecule is CC(C)(C)C(P)c1ccccc1. The predicted molar refractivity (Wildman–Crippen MR) is 58.3 cm³/mol. The summed E-state index contributed by atoms with van der Waals surface area (Å²) in [5.41, 5.74) is 2.26. The Hall–Kier alpha value is -0.350. The predicted octanol–water partition coefficient (Wildman–Crippen LogP) is 3.65. The Morgan fingerprint density at radius 2 is 1.58 bits per heavy atom. The molecule has 0 fully saturated rings. The van der Waals surface area contributed by atoms with E-state index in [0.29, 0.717) is 11.1 Å². The lowest BCUT2D eigenvalue weighted by atomic mass is 9.87. The van der Waals surface area contributed by atoms with Crippen LogP contribution in [0.25, 0.3) is 0 Å². The second kappa shape index (κ2) is 3.58. The highest BCUT2D eigenvalue weighted by atomic mass is 31.0. The van der Waals surface area contributed by atoms with Crippen LogP contribution in [-0.2, 0) is 0 Å². The lowest BCUT2D eigenvalue weighted by Gasteiger charge is -2.27. The van der Waals surface area contributed by atoms with Gasteiger partial charge in [-0.15, -0.1) is 9.24 Å². The molecule has 0 heterocycles. The summed E-state index contributed by atoms with van der Waals surface area (Å²) in [5.74, 6) is 0. The van der Waals surface area contributed by atoms with E-state index in [9.17, 15) is 0 Å². The molecule has 1 heteroatoms. The standard InChI is InChI=1S/C11H17P/c1-11(2,3)10(12)9-7-5-4-6-8-9/h4-8,10H,12H2,1-3H3. The summed E-state index contributed by atoms with van der Waals surface area (Å²) >= 11 is 0. The normalized spacial score (nSPS) is 14.3. The van der Waals surface area contributed by atoms with Crippen LogP contribution in [0.15, 0.2) is 30.3 Å². The molecule has 0 spiro atoms. The summed E-state index contributed by atoms with van der Waals surface area (Å²) in [5, 5.41) is 0. The maximum absolute atomic E-state index is 2.92. The quantitative estimate of drug-likeness (QED) is 0.579. The number of hydrogen-bond donors (Lipinski definition) is 0. The second-order valence-electron chi connectivity index (χ2n) is 4.25. The minimum Gasteiger partial charge on any atom is -0.129 e. The van der Waals surface area contributed by atoms with Gasteiger partial charge in [-0.3, -0.25) is 0 Å². The van der Waals surface area contributed by atoms with Crippen LogP contribution < -0.4 is 0 Å². The van der Waals surface area contributed by atoms with Crippen molar-refractivity contribution in [2.75, 3.05) is 0 Å². The van der Waals surface area contributed by atoms with Gasteiger partial charge < -0.3 is 0 Å². The van der Waals surface area contributed by atoms with Crippen LogP contribution in [0, 0.1) is 5.41 Å². The van der Waals surface area contributed by atoms with E-state index in [1.54, 1.807) is 0 Å². The van der Waals surface area contributed by atoms with Gasteiger partial charge in [-0.25, -0.2) is 0 Å². The van der Waals surface area contributed by atoms with Crippen molar-refractivity contribution in [3.8, 4) is 0 Å². The topological polar surface area (TPSA) is 0 Å². The molecule has 0 N–H and O–H groups in total. The summed E-state index contributed by atoms with van der Waals surface area (Å²) in [6.45, 7) is 6.78. The highest BCUT2D eigenvalue weighted by molar-refractivity contribution is 7.17. The molecule has 0 bridgehead atoms. The van der Waals surface area contributed by atoms with Gasteiger partial charge in [-0.05, 0) is 11.0 Å². The first-order valence-electron chi connectivity index (χ1n) is 4.32. The van der Waals surface area contributed by atoms with E-state index in [0.717, 1.165) is 0 Å². The van der Waals surface area contributed by atoms with Crippen LogP contribution in [-0.4, -0.2) is 0 Å². The average molecular weight is 180 g/mol. The fourth-order valence-electron chi connectivity index (χ4n) is 1.16. The maximum atomic E-state index is 2.92. The average Bonchev–Trinajstić information content (AvgIpc) is 2.03. The van der Waals surface area contributed by atoms with Crippen LogP contribution in [0.2, 0.25) is 0 Å². The second-order valence-corrected chi connectivity index (χ2v) is 4.92. The van der Waals surface area contributed by atoms with Crippen molar-refractivity contribution >= 4 is 9.24 Å². The van der Waals surface area contributed by atoms with Crippen LogP contribution in [0.1, 0.15) is 32.0 Å². The lowest BCUT2D eigenvalue weighted by molar-refractivity contribution is 0.401. The molecular weight excluding hydrogens is 163 g/mol. The fraction of sp³-hybridized carbons (Fsp3) is 0.455. The van der Waals surface area contributed by atoms with Gasteiger partial charge in [0, 0.05) is 5.66 Å². The van der Waals surface area contributed by atoms with Gasteiger partial charge in [0.25, 0.3) is 0 Å². The highest BCUT2D eigenvalue weighted by Crippen LogP contribution is 2.39. The van der Waals surface area contributed by atoms with E-state index >= 15 is 0 Å². The first-order valence-corrected chi connectivity index (χ1v) is 4.99. The van der Waals surface area contributed by atoms with Crippen molar-refractivity contribution in [1.29, 1.82) is 0 Å². The van der Waals surface area contributed by atoms with Crippen molar-refractivity contribution < 1.29 is 0 Å². The molecule has 0 saturated heterocycles. The van der Waals surface area contributed by atoms with Gasteiger partial charge in [-0.2, -0.15) is 0 Å². The summed E-state index contributed by atoms with van der Waals surface area (Å²) in [6.07, 6.45) is 0. The van der Waals surface area contributed by atoms with E-state index in [1.165, 1.54) is 5.56 Å². The number of hydrogen-bond acceptors (Lipinski definition) is 0. The highest BCUT2D eigenvalue weighted by Gasteiger charge is 2.21. The van der Waals surface area contributed by atoms with Gasteiger partial charge in [-0.1, -0.05) is 51.1 Å². The van der Waals surface area contributed by atoms with Crippen molar-refractivity contribution in [1.82, 2.24) is 0 Å². The molecule has 0 radical (unpaired) electrons. The molecule has 0 amide bonds. The van der Waals surface area contributed by atoms with Crippen LogP contribution >= 0.6 is 9.24 Å². The van der Waals surface area contributed by atoms with Crippen molar-refractivity contribution in [3.05, 3.63) is 35.9 Å². The van der Waals surface area contributed by atoms with Crippen LogP contribution in [0.3, 0.4) is 0 Å². The molecule has 0 aliphatic rings. The molecule has 2 unspecified atom stereocenters.